The summed E-state index contributed by atoms with van der Waals surface area (Å²) >= 11 is 0. The summed E-state index contributed by atoms with van der Waals surface area (Å²) in [5.41, 5.74) is 1.28. The van der Waals surface area contributed by atoms with E-state index in [1.165, 1.54) is 18.6 Å². The smallest absolute Gasteiger partial charge is 0.270 e. The lowest BCUT2D eigenvalue weighted by atomic mass is 9.99. The van der Waals surface area contributed by atoms with Crippen LogP contribution in [0.2, 0.25) is 0 Å². The third kappa shape index (κ3) is 4.16. The molecule has 0 fully saturated rings. The molecule has 0 aromatic heterocycles. The molecule has 0 bridgehead atoms. The summed E-state index contributed by atoms with van der Waals surface area (Å²) in [4.78, 5) is 22.6. The number of non-ortho nitro benzene ring substituents is 1. The molecule has 0 aliphatic heterocycles. The third-order valence-corrected chi connectivity index (χ3v) is 3.72. The van der Waals surface area contributed by atoms with Crippen molar-refractivity contribution in [3.63, 3.8) is 0 Å². The Bertz CT molecular complexity index is 707. The van der Waals surface area contributed by atoms with Gasteiger partial charge in [0.15, 0.2) is 5.78 Å². The number of aromatic hydroxyl groups is 1. The highest BCUT2D eigenvalue weighted by Gasteiger charge is 2.17. The van der Waals surface area contributed by atoms with Crippen molar-refractivity contribution in [2.24, 2.45) is 0 Å². The quantitative estimate of drug-likeness (QED) is 0.358. The molecule has 0 spiro atoms. The minimum absolute atomic E-state index is 0.0575. The Morgan fingerprint density at radius 1 is 1.13 bits per heavy atom. The second kappa shape index (κ2) is 7.54. The number of rotatable bonds is 7. The topological polar surface area (TPSA) is 80.4 Å². The van der Waals surface area contributed by atoms with Crippen molar-refractivity contribution in [3.8, 4) is 5.75 Å². The van der Waals surface area contributed by atoms with Crippen molar-refractivity contribution >= 4 is 11.5 Å². The molecular formula is C18H19NO4. The molecule has 0 atom stereocenters. The second-order valence-corrected chi connectivity index (χ2v) is 5.44. The van der Waals surface area contributed by atoms with Crippen molar-refractivity contribution in [1.82, 2.24) is 0 Å². The highest BCUT2D eigenvalue weighted by Crippen LogP contribution is 2.25. The van der Waals surface area contributed by atoms with Gasteiger partial charge < -0.3 is 5.11 Å². The lowest BCUT2D eigenvalue weighted by molar-refractivity contribution is -0.384. The van der Waals surface area contributed by atoms with Gasteiger partial charge in [-0.2, -0.15) is 0 Å². The molecular weight excluding hydrogens is 294 g/mol. The number of carbonyl (C=O) groups is 1. The first-order valence-electron chi connectivity index (χ1n) is 7.64. The molecule has 2 rings (SSSR count). The number of aryl methyl sites for hydroxylation is 1. The van der Waals surface area contributed by atoms with Crippen LogP contribution in [0.3, 0.4) is 0 Å². The van der Waals surface area contributed by atoms with Crippen LogP contribution >= 0.6 is 0 Å². The Labute approximate surface area is 134 Å². The monoisotopic (exact) mass is 313 g/mol. The van der Waals surface area contributed by atoms with Crippen LogP contribution in [-0.4, -0.2) is 15.8 Å². The van der Waals surface area contributed by atoms with Crippen molar-refractivity contribution < 1.29 is 14.8 Å². The van der Waals surface area contributed by atoms with E-state index < -0.39 is 10.7 Å². The molecule has 2 aromatic carbocycles. The number of nitro groups is 1. The number of benzene rings is 2. The van der Waals surface area contributed by atoms with Crippen molar-refractivity contribution in [2.45, 2.75) is 32.6 Å². The molecule has 0 saturated carbocycles. The first-order valence-corrected chi connectivity index (χ1v) is 7.64. The predicted molar refractivity (Wildman–Crippen MR) is 87.9 cm³/mol. The van der Waals surface area contributed by atoms with Gasteiger partial charge in [0.25, 0.3) is 5.69 Å². The number of carbonyl (C=O) groups excluding carboxylic acids is 1. The molecule has 5 heteroatoms. The number of hydrogen-bond donors (Lipinski definition) is 1. The number of unbranched alkanes of at least 4 members (excludes halogenated alkanes) is 2. The standard InChI is InChI=1S/C18H19NO4/c1-2-3-4-5-13-6-8-14(9-7-13)18(21)16-12-15(19(22)23)10-11-17(16)20/h6-12,20H,2-5H2,1H3. The van der Waals surface area contributed by atoms with E-state index in [0.717, 1.165) is 30.9 Å². The van der Waals surface area contributed by atoms with Crippen LogP contribution in [0.25, 0.3) is 0 Å². The van der Waals surface area contributed by atoms with Gasteiger partial charge in [0.2, 0.25) is 0 Å². The number of phenolic OH excluding ortho intramolecular Hbond substituents is 1. The van der Waals surface area contributed by atoms with Gasteiger partial charge in [-0.1, -0.05) is 44.0 Å². The van der Waals surface area contributed by atoms with Crippen LogP contribution in [0.5, 0.6) is 5.75 Å². The Morgan fingerprint density at radius 3 is 2.43 bits per heavy atom. The van der Waals surface area contributed by atoms with E-state index in [1.54, 1.807) is 12.1 Å². The molecule has 0 radical (unpaired) electrons. The van der Waals surface area contributed by atoms with Crippen LogP contribution in [0.4, 0.5) is 5.69 Å². The molecule has 0 unspecified atom stereocenters. The van der Waals surface area contributed by atoms with Crippen molar-refractivity contribution in [1.29, 1.82) is 0 Å². The second-order valence-electron chi connectivity index (χ2n) is 5.44. The zero-order valence-corrected chi connectivity index (χ0v) is 13.0. The van der Waals surface area contributed by atoms with Crippen LogP contribution in [0.1, 0.15) is 47.7 Å². The summed E-state index contributed by atoms with van der Waals surface area (Å²) in [6.45, 7) is 2.15. The number of hydrogen-bond acceptors (Lipinski definition) is 4. The fourth-order valence-corrected chi connectivity index (χ4v) is 2.38. The summed E-state index contributed by atoms with van der Waals surface area (Å²) < 4.78 is 0. The summed E-state index contributed by atoms with van der Waals surface area (Å²) in [5.74, 6) is -0.682. The van der Waals surface area contributed by atoms with Crippen LogP contribution in [0.15, 0.2) is 42.5 Å². The molecule has 0 amide bonds. The molecule has 0 aliphatic rings. The zero-order chi connectivity index (χ0) is 16.8. The van der Waals surface area contributed by atoms with Gasteiger partial charge in [-0.05, 0) is 24.5 Å². The Morgan fingerprint density at radius 2 is 1.83 bits per heavy atom. The minimum Gasteiger partial charge on any atom is -0.507 e. The highest BCUT2D eigenvalue weighted by atomic mass is 16.6. The molecule has 2 aromatic rings. The number of nitro benzene ring substituents is 1. The predicted octanol–water partition coefficient (Wildman–Crippen LogP) is 4.26. The third-order valence-electron chi connectivity index (χ3n) is 3.72. The van der Waals surface area contributed by atoms with E-state index in [4.69, 9.17) is 0 Å². The lowest BCUT2D eigenvalue weighted by Crippen LogP contribution is -2.03. The minimum atomic E-state index is -0.590. The number of nitrogens with zero attached hydrogens (tertiary/aromatic N) is 1. The highest BCUT2D eigenvalue weighted by molar-refractivity contribution is 6.11. The molecule has 1 N–H and O–H groups in total. The van der Waals surface area contributed by atoms with Gasteiger partial charge in [-0.3, -0.25) is 14.9 Å². The van der Waals surface area contributed by atoms with Gasteiger partial charge in [-0.15, -0.1) is 0 Å². The largest absolute Gasteiger partial charge is 0.507 e. The van der Waals surface area contributed by atoms with Crippen molar-refractivity contribution in [3.05, 3.63) is 69.3 Å². The van der Waals surface area contributed by atoms with E-state index in [-0.39, 0.29) is 17.0 Å². The summed E-state index contributed by atoms with van der Waals surface area (Å²) in [6, 6.07) is 10.6. The van der Waals surface area contributed by atoms with Crippen LogP contribution in [0, 0.1) is 10.1 Å². The molecule has 0 heterocycles. The maximum atomic E-state index is 12.4. The molecule has 23 heavy (non-hydrogen) atoms. The van der Waals surface area contributed by atoms with E-state index in [1.807, 2.05) is 12.1 Å². The molecule has 5 nitrogen and oxygen atoms in total. The van der Waals surface area contributed by atoms with E-state index >= 15 is 0 Å². The summed E-state index contributed by atoms with van der Waals surface area (Å²) in [7, 11) is 0. The molecule has 0 aliphatic carbocycles. The van der Waals surface area contributed by atoms with Gasteiger partial charge in [0.05, 0.1) is 10.5 Å². The van der Waals surface area contributed by atoms with E-state index in [0.29, 0.717) is 5.56 Å². The van der Waals surface area contributed by atoms with Gasteiger partial charge >= 0.3 is 0 Å². The average Bonchev–Trinajstić information content (AvgIpc) is 2.55. The van der Waals surface area contributed by atoms with Gasteiger partial charge in [0, 0.05) is 17.7 Å². The average molecular weight is 313 g/mol. The SMILES string of the molecule is CCCCCc1ccc(C(=O)c2cc([N+](=O)[O-])ccc2O)cc1. The first-order chi connectivity index (χ1) is 11.0. The first kappa shape index (κ1) is 16.7. The van der Waals surface area contributed by atoms with Crippen molar-refractivity contribution in [2.75, 3.05) is 0 Å². The van der Waals surface area contributed by atoms with E-state index in [2.05, 4.69) is 6.92 Å². The van der Waals surface area contributed by atoms with Crippen LogP contribution < -0.4 is 0 Å². The zero-order valence-electron chi connectivity index (χ0n) is 13.0. The van der Waals surface area contributed by atoms with Crippen LogP contribution in [-0.2, 0) is 6.42 Å². The maximum Gasteiger partial charge on any atom is 0.270 e. The fourth-order valence-electron chi connectivity index (χ4n) is 2.38. The summed E-state index contributed by atoms with van der Waals surface area (Å²) in [5, 5.41) is 20.6. The Kier molecular flexibility index (Phi) is 5.46. The number of phenols is 1. The van der Waals surface area contributed by atoms with Gasteiger partial charge in [-0.25, -0.2) is 0 Å². The normalized spacial score (nSPS) is 10.5. The van der Waals surface area contributed by atoms with E-state index in [9.17, 15) is 20.0 Å². The lowest BCUT2D eigenvalue weighted by Gasteiger charge is -2.06. The Balaban J connectivity index is 2.20. The molecule has 120 valence electrons. The molecule has 0 saturated heterocycles. The van der Waals surface area contributed by atoms with Gasteiger partial charge in [0.1, 0.15) is 5.75 Å². The summed E-state index contributed by atoms with van der Waals surface area (Å²) in [6.07, 6.45) is 4.39. The maximum absolute atomic E-state index is 12.4. The number of ketones is 1. The Hall–Kier alpha value is -2.69. The fraction of sp³-hybridized carbons (Fsp3) is 0.278.